The number of aromatic nitrogens is 4. The third kappa shape index (κ3) is 4.06. The van der Waals surface area contributed by atoms with Gasteiger partial charge in [-0.25, -0.2) is 9.97 Å². The maximum absolute atomic E-state index is 11.6. The zero-order valence-corrected chi connectivity index (χ0v) is 16.4. The van der Waals surface area contributed by atoms with E-state index in [1.807, 2.05) is 6.07 Å². The molecule has 2 heterocycles. The molecule has 0 atom stereocenters. The van der Waals surface area contributed by atoms with Crippen molar-refractivity contribution in [3.8, 4) is 5.82 Å². The van der Waals surface area contributed by atoms with Gasteiger partial charge in [-0.3, -0.25) is 14.3 Å². The summed E-state index contributed by atoms with van der Waals surface area (Å²) in [5.41, 5.74) is 2.76. The molecule has 0 aliphatic carbocycles. The Bertz CT molecular complexity index is 1240. The van der Waals surface area contributed by atoms with Crippen molar-refractivity contribution < 1.29 is 4.79 Å². The van der Waals surface area contributed by atoms with E-state index in [1.165, 1.54) is 6.08 Å². The second kappa shape index (κ2) is 7.90. The normalized spacial score (nSPS) is 10.7. The summed E-state index contributed by atoms with van der Waals surface area (Å²) in [5, 5.41) is 6.91. The average molecular weight is 425 g/mol. The van der Waals surface area contributed by atoms with Crippen molar-refractivity contribution in [2.75, 3.05) is 10.6 Å². The lowest BCUT2D eigenvalue weighted by molar-refractivity contribution is -0.111. The molecule has 0 radical (unpaired) electrons. The second-order valence-electron chi connectivity index (χ2n) is 6.02. The van der Waals surface area contributed by atoms with Gasteiger partial charge in [0.2, 0.25) is 5.91 Å². The fourth-order valence-electron chi connectivity index (χ4n) is 2.72. The number of imidazole rings is 1. The van der Waals surface area contributed by atoms with Crippen LogP contribution in [0.25, 0.3) is 16.9 Å². The molecule has 0 saturated carbocycles. The molecule has 9 heteroatoms. The molecule has 0 unspecified atom stereocenters. The van der Waals surface area contributed by atoms with Crippen LogP contribution in [0.15, 0.2) is 67.8 Å². The minimum Gasteiger partial charge on any atom is -0.338 e. The molecule has 0 aliphatic heterocycles. The van der Waals surface area contributed by atoms with Crippen molar-refractivity contribution in [1.82, 2.24) is 19.5 Å². The van der Waals surface area contributed by atoms with E-state index in [0.717, 1.165) is 11.0 Å². The van der Waals surface area contributed by atoms with Crippen LogP contribution in [0.5, 0.6) is 0 Å². The minimum absolute atomic E-state index is 0.292. The van der Waals surface area contributed by atoms with E-state index in [0.29, 0.717) is 33.1 Å². The molecular formula is C20H14Cl2N6O. The molecule has 144 valence electrons. The Balaban J connectivity index is 1.70. The number of rotatable bonds is 5. The summed E-state index contributed by atoms with van der Waals surface area (Å²) in [6.45, 7) is 3.46. The molecule has 2 aromatic heterocycles. The van der Waals surface area contributed by atoms with E-state index < -0.39 is 0 Å². The molecule has 4 rings (SSSR count). The van der Waals surface area contributed by atoms with Gasteiger partial charge in [-0.15, -0.1) is 0 Å². The summed E-state index contributed by atoms with van der Waals surface area (Å²) in [4.78, 5) is 24.8. The maximum Gasteiger partial charge on any atom is 0.247 e. The van der Waals surface area contributed by atoms with Gasteiger partial charge in [0.25, 0.3) is 0 Å². The predicted octanol–water partition coefficient (Wildman–Crippen LogP) is 4.99. The number of nitrogens with one attached hydrogen (secondary N) is 2. The third-order valence-corrected chi connectivity index (χ3v) is 4.62. The molecule has 0 aliphatic rings. The molecule has 0 saturated heterocycles. The van der Waals surface area contributed by atoms with Gasteiger partial charge in [-0.1, -0.05) is 29.8 Å². The van der Waals surface area contributed by atoms with Crippen LogP contribution < -0.4 is 10.6 Å². The van der Waals surface area contributed by atoms with Crippen LogP contribution in [-0.2, 0) is 4.79 Å². The number of amides is 1. The Labute approximate surface area is 176 Å². The van der Waals surface area contributed by atoms with Crippen molar-refractivity contribution in [3.05, 3.63) is 77.8 Å². The quantitative estimate of drug-likeness (QED) is 0.440. The highest BCUT2D eigenvalue weighted by Crippen LogP contribution is 2.28. The number of hydrogen-bond donors (Lipinski definition) is 2. The number of carbonyl (C=O) groups excluding carboxylic acids is 1. The number of carbonyl (C=O) groups is 1. The first-order valence-corrected chi connectivity index (χ1v) is 9.24. The van der Waals surface area contributed by atoms with Crippen molar-refractivity contribution in [2.24, 2.45) is 0 Å². The first kappa shape index (κ1) is 18.9. The molecule has 1 amide bonds. The smallest absolute Gasteiger partial charge is 0.247 e. The largest absolute Gasteiger partial charge is 0.338 e. The molecule has 4 aromatic rings. The van der Waals surface area contributed by atoms with Gasteiger partial charge >= 0.3 is 0 Å². The van der Waals surface area contributed by atoms with E-state index in [4.69, 9.17) is 23.2 Å². The zero-order chi connectivity index (χ0) is 20.4. The molecule has 0 fully saturated rings. The number of hydrogen-bond acceptors (Lipinski definition) is 5. The topological polar surface area (TPSA) is 84.7 Å². The van der Waals surface area contributed by atoms with Crippen LogP contribution in [0.4, 0.5) is 17.2 Å². The van der Waals surface area contributed by atoms with Crippen LogP contribution in [-0.4, -0.2) is 25.4 Å². The molecule has 7 nitrogen and oxygen atoms in total. The van der Waals surface area contributed by atoms with Crippen molar-refractivity contribution in [1.29, 1.82) is 0 Å². The molecular weight excluding hydrogens is 411 g/mol. The molecule has 2 N–H and O–H groups in total. The summed E-state index contributed by atoms with van der Waals surface area (Å²) in [6.07, 6.45) is 6.05. The summed E-state index contributed by atoms with van der Waals surface area (Å²) < 4.78 is 1.77. The third-order valence-electron chi connectivity index (χ3n) is 4.06. The van der Waals surface area contributed by atoms with Crippen molar-refractivity contribution >= 4 is 57.3 Å². The van der Waals surface area contributed by atoms with Crippen LogP contribution in [0.3, 0.4) is 0 Å². The Morgan fingerprint density at radius 3 is 2.83 bits per heavy atom. The Morgan fingerprint density at radius 2 is 2.00 bits per heavy atom. The highest BCUT2D eigenvalue weighted by atomic mass is 35.5. The average Bonchev–Trinajstić information content (AvgIpc) is 3.14. The Kier molecular flexibility index (Phi) is 5.16. The van der Waals surface area contributed by atoms with Gasteiger partial charge in [0.1, 0.15) is 6.33 Å². The Hall–Kier alpha value is -3.42. The lowest BCUT2D eigenvalue weighted by atomic mass is 10.2. The lowest BCUT2D eigenvalue weighted by Crippen LogP contribution is -2.07. The van der Waals surface area contributed by atoms with E-state index in [9.17, 15) is 4.79 Å². The number of benzene rings is 2. The van der Waals surface area contributed by atoms with Gasteiger partial charge < -0.3 is 10.6 Å². The second-order valence-corrected chi connectivity index (χ2v) is 6.87. The number of anilines is 3. The van der Waals surface area contributed by atoms with E-state index in [2.05, 4.69) is 32.2 Å². The standard InChI is InChI=1S/C20H14Cl2N6O/c1-2-20(29)25-13-4-6-15-17(8-13)28(11-24-15)19-10-23-9-18(27-19)26-16-7-12(21)3-5-14(16)22/h2-11H,1H2,(H,25,29)(H,26,27). The first-order chi connectivity index (χ1) is 14.0. The molecule has 0 bridgehead atoms. The minimum atomic E-state index is -0.292. The van der Waals surface area contributed by atoms with E-state index in [-0.39, 0.29) is 5.91 Å². The van der Waals surface area contributed by atoms with Crippen molar-refractivity contribution in [3.63, 3.8) is 0 Å². The summed E-state index contributed by atoms with van der Waals surface area (Å²) >= 11 is 12.2. The van der Waals surface area contributed by atoms with Gasteiger partial charge in [-0.2, -0.15) is 0 Å². The van der Waals surface area contributed by atoms with Crippen LogP contribution in [0.2, 0.25) is 10.0 Å². The molecule has 0 spiro atoms. The molecule has 29 heavy (non-hydrogen) atoms. The fourth-order valence-corrected chi connectivity index (χ4v) is 3.06. The van der Waals surface area contributed by atoms with Gasteiger partial charge in [0.05, 0.1) is 34.1 Å². The van der Waals surface area contributed by atoms with Gasteiger partial charge in [0.15, 0.2) is 11.6 Å². The highest BCUT2D eigenvalue weighted by molar-refractivity contribution is 6.35. The van der Waals surface area contributed by atoms with Gasteiger partial charge in [0, 0.05) is 10.7 Å². The van der Waals surface area contributed by atoms with Crippen LogP contribution in [0, 0.1) is 0 Å². The summed E-state index contributed by atoms with van der Waals surface area (Å²) in [7, 11) is 0. The monoisotopic (exact) mass is 424 g/mol. The highest BCUT2D eigenvalue weighted by Gasteiger charge is 2.10. The predicted molar refractivity (Wildman–Crippen MR) is 115 cm³/mol. The van der Waals surface area contributed by atoms with Crippen LogP contribution >= 0.6 is 23.2 Å². The number of nitrogens with zero attached hydrogens (tertiary/aromatic N) is 4. The lowest BCUT2D eigenvalue weighted by Gasteiger charge is -2.10. The fraction of sp³-hybridized carbons (Fsp3) is 0. The van der Waals surface area contributed by atoms with Gasteiger partial charge in [-0.05, 0) is 42.5 Å². The summed E-state index contributed by atoms with van der Waals surface area (Å²) in [5.74, 6) is 0.743. The van der Waals surface area contributed by atoms with E-state index in [1.54, 1.807) is 53.6 Å². The Morgan fingerprint density at radius 1 is 1.14 bits per heavy atom. The maximum atomic E-state index is 11.6. The summed E-state index contributed by atoms with van der Waals surface area (Å²) in [6, 6.07) is 10.5. The first-order valence-electron chi connectivity index (χ1n) is 8.48. The number of fused-ring (bicyclic) bond motifs is 1. The van der Waals surface area contributed by atoms with E-state index >= 15 is 0 Å². The zero-order valence-electron chi connectivity index (χ0n) is 14.9. The van der Waals surface area contributed by atoms with Crippen molar-refractivity contribution in [2.45, 2.75) is 0 Å². The van der Waals surface area contributed by atoms with Crippen LogP contribution in [0.1, 0.15) is 0 Å². The molecule has 2 aromatic carbocycles. The number of halogens is 2. The SMILES string of the molecule is C=CC(=O)Nc1ccc2ncn(-c3cncc(Nc4cc(Cl)ccc4Cl)n3)c2c1.